The topological polar surface area (TPSA) is 76.4 Å². The maximum absolute atomic E-state index is 13.1. The SMILES string of the molecule is COc1ccc(Cn2c(CO)cnc2SCC(=O)Nc2ccccc2C(F)(F)F)cc1. The van der Waals surface area contributed by atoms with E-state index >= 15 is 0 Å². The first-order valence-electron chi connectivity index (χ1n) is 9.19. The van der Waals surface area contributed by atoms with E-state index in [1.54, 1.807) is 11.7 Å². The molecule has 0 aliphatic heterocycles. The number of nitrogens with one attached hydrogen (secondary N) is 1. The first-order chi connectivity index (χ1) is 14.8. The number of amides is 1. The lowest BCUT2D eigenvalue weighted by Crippen LogP contribution is -2.18. The lowest BCUT2D eigenvalue weighted by atomic mass is 10.1. The van der Waals surface area contributed by atoms with Crippen LogP contribution in [0.5, 0.6) is 5.75 Å². The maximum Gasteiger partial charge on any atom is 0.418 e. The van der Waals surface area contributed by atoms with Crippen LogP contribution < -0.4 is 10.1 Å². The van der Waals surface area contributed by atoms with Gasteiger partial charge in [0.1, 0.15) is 5.75 Å². The molecule has 0 radical (unpaired) electrons. The smallest absolute Gasteiger partial charge is 0.418 e. The molecule has 0 aliphatic rings. The summed E-state index contributed by atoms with van der Waals surface area (Å²) in [5.74, 6) is -0.0233. The molecule has 0 bridgehead atoms. The van der Waals surface area contributed by atoms with Gasteiger partial charge in [0.15, 0.2) is 5.16 Å². The highest BCUT2D eigenvalue weighted by Crippen LogP contribution is 2.34. The average molecular weight is 451 g/mol. The van der Waals surface area contributed by atoms with Gasteiger partial charge in [-0.05, 0) is 29.8 Å². The van der Waals surface area contributed by atoms with Gasteiger partial charge < -0.3 is 19.7 Å². The van der Waals surface area contributed by atoms with Crippen LogP contribution in [0.15, 0.2) is 59.9 Å². The van der Waals surface area contributed by atoms with Gasteiger partial charge in [-0.1, -0.05) is 36.0 Å². The number of aliphatic hydroxyl groups excluding tert-OH is 1. The van der Waals surface area contributed by atoms with E-state index in [9.17, 15) is 23.1 Å². The molecule has 3 aromatic rings. The van der Waals surface area contributed by atoms with Gasteiger partial charge >= 0.3 is 6.18 Å². The fourth-order valence-electron chi connectivity index (χ4n) is 2.87. The third-order valence-electron chi connectivity index (χ3n) is 4.40. The predicted octanol–water partition coefficient (Wildman–Crippen LogP) is 4.18. The van der Waals surface area contributed by atoms with Gasteiger partial charge in [0, 0.05) is 6.54 Å². The van der Waals surface area contributed by atoms with Crippen molar-refractivity contribution in [2.45, 2.75) is 24.5 Å². The minimum atomic E-state index is -4.57. The molecule has 3 rings (SSSR count). The molecule has 0 unspecified atom stereocenters. The summed E-state index contributed by atoms with van der Waals surface area (Å²) in [6, 6.07) is 12.2. The van der Waals surface area contributed by atoms with E-state index in [4.69, 9.17) is 4.74 Å². The molecule has 6 nitrogen and oxygen atoms in total. The van der Waals surface area contributed by atoms with Crippen LogP contribution in [0.1, 0.15) is 16.8 Å². The van der Waals surface area contributed by atoms with Gasteiger partial charge in [0.25, 0.3) is 0 Å². The van der Waals surface area contributed by atoms with Gasteiger partial charge in [-0.25, -0.2) is 4.98 Å². The number of aromatic nitrogens is 2. The molecule has 0 spiro atoms. The van der Waals surface area contributed by atoms with Gasteiger partial charge in [-0.2, -0.15) is 13.2 Å². The van der Waals surface area contributed by atoms with Crippen LogP contribution in [0.4, 0.5) is 18.9 Å². The Morgan fingerprint density at radius 3 is 2.55 bits per heavy atom. The van der Waals surface area contributed by atoms with E-state index in [1.165, 1.54) is 24.4 Å². The zero-order chi connectivity index (χ0) is 22.4. The third-order valence-corrected chi connectivity index (χ3v) is 5.39. The number of carbonyl (C=O) groups is 1. The number of hydrogen-bond donors (Lipinski definition) is 2. The molecule has 1 aromatic heterocycles. The van der Waals surface area contributed by atoms with E-state index in [2.05, 4.69) is 10.3 Å². The normalized spacial score (nSPS) is 11.4. The van der Waals surface area contributed by atoms with Crippen molar-refractivity contribution >= 4 is 23.4 Å². The standard InChI is InChI=1S/C21H20F3N3O3S/c1-30-16-8-6-14(7-9-16)11-27-15(12-28)10-25-20(27)31-13-19(29)26-18-5-3-2-4-17(18)21(22,23)24/h2-10,28H,11-13H2,1H3,(H,26,29). The van der Waals surface area contributed by atoms with Gasteiger partial charge in [0.2, 0.25) is 5.91 Å². The first kappa shape index (κ1) is 22.7. The van der Waals surface area contributed by atoms with E-state index in [-0.39, 0.29) is 18.0 Å². The molecule has 0 fully saturated rings. The van der Waals surface area contributed by atoms with E-state index in [1.807, 2.05) is 24.3 Å². The van der Waals surface area contributed by atoms with Crippen LogP contribution in [0.25, 0.3) is 0 Å². The van der Waals surface area contributed by atoms with Crippen LogP contribution in [-0.4, -0.2) is 33.4 Å². The number of thioether (sulfide) groups is 1. The second-order valence-electron chi connectivity index (χ2n) is 6.50. The molecule has 31 heavy (non-hydrogen) atoms. The monoisotopic (exact) mass is 451 g/mol. The van der Waals surface area contributed by atoms with E-state index < -0.39 is 17.6 Å². The van der Waals surface area contributed by atoms with Crippen LogP contribution in [0.3, 0.4) is 0 Å². The van der Waals surface area contributed by atoms with Crippen LogP contribution in [-0.2, 0) is 24.1 Å². The highest BCUT2D eigenvalue weighted by molar-refractivity contribution is 7.99. The molecule has 0 aliphatic carbocycles. The summed E-state index contributed by atoms with van der Waals surface area (Å²) in [6.07, 6.45) is -3.07. The zero-order valence-electron chi connectivity index (χ0n) is 16.5. The molecule has 1 heterocycles. The quantitative estimate of drug-likeness (QED) is 0.503. The van der Waals surface area contributed by atoms with Crippen molar-refractivity contribution in [2.75, 3.05) is 18.2 Å². The van der Waals surface area contributed by atoms with Crippen molar-refractivity contribution in [1.82, 2.24) is 9.55 Å². The van der Waals surface area contributed by atoms with Crippen LogP contribution in [0.2, 0.25) is 0 Å². The molecule has 164 valence electrons. The van der Waals surface area contributed by atoms with Gasteiger partial charge in [-0.15, -0.1) is 0 Å². The lowest BCUT2D eigenvalue weighted by molar-refractivity contribution is -0.137. The number of ether oxygens (including phenoxy) is 1. The molecule has 1 amide bonds. The summed E-state index contributed by atoms with van der Waals surface area (Å²) in [7, 11) is 1.57. The number of rotatable bonds is 8. The van der Waals surface area contributed by atoms with Crippen molar-refractivity contribution < 1.29 is 27.8 Å². The fourth-order valence-corrected chi connectivity index (χ4v) is 3.67. The molecule has 2 N–H and O–H groups in total. The molecule has 10 heteroatoms. The van der Waals surface area contributed by atoms with E-state index in [0.717, 1.165) is 23.4 Å². The number of anilines is 1. The number of hydrogen-bond acceptors (Lipinski definition) is 5. The number of nitrogens with zero attached hydrogens (tertiary/aromatic N) is 2. The first-order valence-corrected chi connectivity index (χ1v) is 10.2. The summed E-state index contributed by atoms with van der Waals surface area (Å²) >= 11 is 1.07. The summed E-state index contributed by atoms with van der Waals surface area (Å²) in [4.78, 5) is 16.5. The third kappa shape index (κ3) is 5.80. The molecular formula is C21H20F3N3O3S. The summed E-state index contributed by atoms with van der Waals surface area (Å²) < 4.78 is 46.2. The van der Waals surface area contributed by atoms with Gasteiger partial charge in [0.05, 0.1) is 42.6 Å². The molecular weight excluding hydrogens is 431 g/mol. The Labute approximate surface area is 181 Å². The lowest BCUT2D eigenvalue weighted by Gasteiger charge is -2.14. The maximum atomic E-state index is 13.1. The van der Waals surface area contributed by atoms with Crippen molar-refractivity contribution in [1.29, 1.82) is 0 Å². The Hall–Kier alpha value is -2.98. The summed E-state index contributed by atoms with van der Waals surface area (Å²) in [5, 5.41) is 12.4. The summed E-state index contributed by atoms with van der Waals surface area (Å²) in [6.45, 7) is 0.162. The van der Waals surface area contributed by atoms with Gasteiger partial charge in [-0.3, -0.25) is 4.79 Å². The Bertz CT molecular complexity index is 1040. The second-order valence-corrected chi connectivity index (χ2v) is 7.45. The van der Waals surface area contributed by atoms with Crippen molar-refractivity contribution in [3.63, 3.8) is 0 Å². The average Bonchev–Trinajstić information content (AvgIpc) is 3.14. The number of para-hydroxylation sites is 1. The van der Waals surface area contributed by atoms with Crippen molar-refractivity contribution in [3.8, 4) is 5.75 Å². The minimum absolute atomic E-state index is 0.142. The Kier molecular flexibility index (Phi) is 7.24. The van der Waals surface area contributed by atoms with E-state index in [0.29, 0.717) is 23.1 Å². The second kappa shape index (κ2) is 9.88. The molecule has 2 aromatic carbocycles. The highest BCUT2D eigenvalue weighted by Gasteiger charge is 2.33. The van der Waals surface area contributed by atoms with Crippen LogP contribution >= 0.6 is 11.8 Å². The predicted molar refractivity (Wildman–Crippen MR) is 111 cm³/mol. The number of alkyl halides is 3. The van der Waals surface area contributed by atoms with Crippen molar-refractivity contribution in [3.05, 3.63) is 71.5 Å². The highest BCUT2D eigenvalue weighted by atomic mass is 32.2. The number of benzene rings is 2. The Balaban J connectivity index is 1.69. The zero-order valence-corrected chi connectivity index (χ0v) is 17.3. The molecule has 0 saturated carbocycles. The number of imidazole rings is 1. The number of carbonyl (C=O) groups excluding carboxylic acids is 1. The molecule has 0 saturated heterocycles. The minimum Gasteiger partial charge on any atom is -0.497 e. The Morgan fingerprint density at radius 2 is 1.90 bits per heavy atom. The van der Waals surface area contributed by atoms with Crippen LogP contribution in [0, 0.1) is 0 Å². The summed E-state index contributed by atoms with van der Waals surface area (Å²) in [5.41, 5.74) is 0.287. The molecule has 0 atom stereocenters. The van der Waals surface area contributed by atoms with Crippen molar-refractivity contribution in [2.24, 2.45) is 0 Å². The number of methoxy groups -OCH3 is 1. The fraction of sp³-hybridized carbons (Fsp3) is 0.238. The number of halogens is 3. The number of aliphatic hydroxyl groups is 1. The largest absolute Gasteiger partial charge is 0.497 e. The Morgan fingerprint density at radius 1 is 1.19 bits per heavy atom.